The van der Waals surface area contributed by atoms with Crippen LogP contribution in [0.15, 0.2) is 60.7 Å². The zero-order valence-corrected chi connectivity index (χ0v) is 13.5. The SMILES string of the molecule is C[Se]C([Se]C)(c1ccccc1)c1ccccc1. The van der Waals surface area contributed by atoms with Gasteiger partial charge in [-0.1, -0.05) is 0 Å². The molecule has 0 amide bonds. The summed E-state index contributed by atoms with van der Waals surface area (Å²) in [5, 5.41) is 0. The molecule has 0 bridgehead atoms. The number of hydrogen-bond donors (Lipinski definition) is 0. The van der Waals surface area contributed by atoms with Gasteiger partial charge < -0.3 is 0 Å². The Labute approximate surface area is 116 Å². The zero-order chi connectivity index (χ0) is 12.1. The zero-order valence-electron chi connectivity index (χ0n) is 10.1. The Hall–Kier alpha value is -0.521. The van der Waals surface area contributed by atoms with Gasteiger partial charge in [0.2, 0.25) is 0 Å². The summed E-state index contributed by atoms with van der Waals surface area (Å²) in [6.07, 6.45) is 0. The van der Waals surface area contributed by atoms with Gasteiger partial charge in [-0.3, -0.25) is 0 Å². The predicted molar refractivity (Wildman–Crippen MR) is 76.9 cm³/mol. The average Bonchev–Trinajstić information content (AvgIpc) is 2.43. The molecule has 0 aliphatic heterocycles. The topological polar surface area (TPSA) is 0 Å². The van der Waals surface area contributed by atoms with Crippen LogP contribution in [0.5, 0.6) is 0 Å². The second kappa shape index (κ2) is 5.89. The molecule has 0 heterocycles. The first-order valence-electron chi connectivity index (χ1n) is 5.55. The fourth-order valence-electron chi connectivity index (χ4n) is 2.04. The molecule has 88 valence electrons. The molecule has 0 aliphatic carbocycles. The van der Waals surface area contributed by atoms with Gasteiger partial charge in [-0.05, 0) is 0 Å². The van der Waals surface area contributed by atoms with E-state index in [-0.39, 0.29) is 0 Å². The fourth-order valence-corrected chi connectivity index (χ4v) is 7.32. The predicted octanol–water partition coefficient (Wildman–Crippen LogP) is 3.39. The molecule has 0 aromatic heterocycles. The molecule has 0 atom stereocenters. The molecule has 0 unspecified atom stereocenters. The van der Waals surface area contributed by atoms with Crippen LogP contribution in [0.4, 0.5) is 0 Å². The van der Waals surface area contributed by atoms with Gasteiger partial charge in [0.05, 0.1) is 0 Å². The van der Waals surface area contributed by atoms with E-state index in [0.717, 1.165) is 0 Å². The third kappa shape index (κ3) is 2.51. The Morgan fingerprint density at radius 3 is 1.29 bits per heavy atom. The van der Waals surface area contributed by atoms with Gasteiger partial charge in [0.25, 0.3) is 0 Å². The van der Waals surface area contributed by atoms with E-state index in [1.807, 2.05) is 0 Å². The molecular formula is C15H16Se2. The standard InChI is InChI=1S/C15H16Se2/c1-16-15(17-2,13-9-5-3-6-10-13)14-11-7-4-8-12-14/h3-12H,1-2H3. The molecule has 0 radical (unpaired) electrons. The minimum absolute atomic E-state index is 0.294. The first-order chi connectivity index (χ1) is 8.33. The van der Waals surface area contributed by atoms with E-state index in [2.05, 4.69) is 72.3 Å². The van der Waals surface area contributed by atoms with Crippen LogP contribution >= 0.6 is 0 Å². The van der Waals surface area contributed by atoms with Crippen LogP contribution < -0.4 is 0 Å². The molecule has 2 heteroatoms. The Kier molecular flexibility index (Phi) is 4.47. The van der Waals surface area contributed by atoms with Gasteiger partial charge in [-0.2, -0.15) is 0 Å². The van der Waals surface area contributed by atoms with E-state index in [4.69, 9.17) is 0 Å². The molecule has 2 rings (SSSR count). The Bertz CT molecular complexity index is 405. The quantitative estimate of drug-likeness (QED) is 0.739. The molecule has 0 spiro atoms. The molecule has 0 fully saturated rings. The molecule has 17 heavy (non-hydrogen) atoms. The van der Waals surface area contributed by atoms with Crippen molar-refractivity contribution in [3.8, 4) is 0 Å². The van der Waals surface area contributed by atoms with Crippen molar-refractivity contribution in [2.45, 2.75) is 14.9 Å². The number of rotatable bonds is 4. The summed E-state index contributed by atoms with van der Waals surface area (Å²) in [7, 11) is 0. The van der Waals surface area contributed by atoms with Crippen LogP contribution in [0, 0.1) is 0 Å². The third-order valence-electron chi connectivity index (χ3n) is 2.88. The van der Waals surface area contributed by atoms with Crippen molar-refractivity contribution in [2.24, 2.45) is 0 Å². The summed E-state index contributed by atoms with van der Waals surface area (Å²) in [6, 6.07) is 22.0. The van der Waals surface area contributed by atoms with E-state index < -0.39 is 0 Å². The summed E-state index contributed by atoms with van der Waals surface area (Å²) in [5.74, 6) is 4.72. The third-order valence-corrected chi connectivity index (χ3v) is 10.9. The van der Waals surface area contributed by atoms with E-state index >= 15 is 0 Å². The summed E-state index contributed by atoms with van der Waals surface area (Å²) in [6.45, 7) is 0. The van der Waals surface area contributed by atoms with Gasteiger partial charge in [0.15, 0.2) is 0 Å². The molecule has 0 saturated carbocycles. The molecular weight excluding hydrogens is 338 g/mol. The van der Waals surface area contributed by atoms with Gasteiger partial charge >= 0.3 is 117 Å². The normalized spacial score (nSPS) is 11.4. The summed E-state index contributed by atoms with van der Waals surface area (Å²) in [4.78, 5) is 0. The van der Waals surface area contributed by atoms with Crippen molar-refractivity contribution in [3.63, 3.8) is 0 Å². The van der Waals surface area contributed by atoms with Crippen molar-refractivity contribution in [3.05, 3.63) is 71.8 Å². The first-order valence-corrected chi connectivity index (χ1v) is 10.7. The van der Waals surface area contributed by atoms with Crippen LogP contribution in [0.1, 0.15) is 11.1 Å². The van der Waals surface area contributed by atoms with E-state index in [1.165, 1.54) is 11.1 Å². The van der Waals surface area contributed by atoms with E-state index in [0.29, 0.717) is 33.1 Å². The Balaban J connectivity index is 2.54. The monoisotopic (exact) mass is 356 g/mol. The van der Waals surface area contributed by atoms with Crippen molar-refractivity contribution in [2.75, 3.05) is 0 Å². The molecule has 0 aliphatic rings. The van der Waals surface area contributed by atoms with Crippen molar-refractivity contribution in [1.29, 1.82) is 0 Å². The summed E-state index contributed by atoms with van der Waals surface area (Å²) < 4.78 is 0.294. The fraction of sp³-hybridized carbons (Fsp3) is 0.200. The molecule has 2 aromatic rings. The second-order valence-corrected chi connectivity index (χ2v) is 9.35. The Morgan fingerprint density at radius 1 is 0.647 bits per heavy atom. The number of benzene rings is 2. The maximum atomic E-state index is 2.36. The van der Waals surface area contributed by atoms with Crippen LogP contribution in [-0.4, -0.2) is 29.9 Å². The first kappa shape index (κ1) is 12.9. The maximum absolute atomic E-state index is 2.36. The van der Waals surface area contributed by atoms with E-state index in [9.17, 15) is 0 Å². The van der Waals surface area contributed by atoms with Crippen molar-refractivity contribution >= 4 is 29.9 Å². The van der Waals surface area contributed by atoms with Crippen LogP contribution in [0.2, 0.25) is 11.6 Å². The van der Waals surface area contributed by atoms with Crippen LogP contribution in [-0.2, 0) is 3.21 Å². The molecule has 0 nitrogen and oxygen atoms in total. The van der Waals surface area contributed by atoms with E-state index in [1.54, 1.807) is 0 Å². The molecule has 0 N–H and O–H groups in total. The van der Waals surface area contributed by atoms with Gasteiger partial charge in [-0.15, -0.1) is 0 Å². The van der Waals surface area contributed by atoms with Gasteiger partial charge in [-0.25, -0.2) is 0 Å². The number of hydrogen-bond acceptors (Lipinski definition) is 0. The van der Waals surface area contributed by atoms with Crippen molar-refractivity contribution in [1.82, 2.24) is 0 Å². The minimum atomic E-state index is 0.294. The van der Waals surface area contributed by atoms with Gasteiger partial charge in [0.1, 0.15) is 0 Å². The second-order valence-electron chi connectivity index (χ2n) is 3.76. The molecule has 2 aromatic carbocycles. The average molecular weight is 354 g/mol. The van der Waals surface area contributed by atoms with Crippen LogP contribution in [0.25, 0.3) is 0 Å². The molecule has 0 saturated heterocycles. The Morgan fingerprint density at radius 2 is 1.00 bits per heavy atom. The summed E-state index contributed by atoms with van der Waals surface area (Å²) in [5.41, 5.74) is 2.97. The van der Waals surface area contributed by atoms with Crippen LogP contribution in [0.3, 0.4) is 0 Å². The van der Waals surface area contributed by atoms with Crippen molar-refractivity contribution < 1.29 is 0 Å². The van der Waals surface area contributed by atoms with Gasteiger partial charge in [0, 0.05) is 0 Å². The summed E-state index contributed by atoms with van der Waals surface area (Å²) >= 11 is 1.15.